The molecule has 0 aliphatic heterocycles. The summed E-state index contributed by atoms with van der Waals surface area (Å²) >= 11 is 0. The van der Waals surface area contributed by atoms with Crippen molar-refractivity contribution in [3.8, 4) is 0 Å². The van der Waals surface area contributed by atoms with Gasteiger partial charge in [0, 0.05) is 26.2 Å². The molecule has 0 aromatic heterocycles. The molecule has 0 rings (SSSR count). The summed E-state index contributed by atoms with van der Waals surface area (Å²) in [5, 5.41) is 33.9. The lowest BCUT2D eigenvalue weighted by Crippen LogP contribution is -2.26. The molecular weight excluding hydrogens is 212 g/mol. The van der Waals surface area contributed by atoms with Gasteiger partial charge in [-0.05, 0) is 5.41 Å². The number of hydrogen-bond acceptors (Lipinski definition) is 5. The van der Waals surface area contributed by atoms with E-state index in [-0.39, 0.29) is 37.8 Å². The lowest BCUT2D eigenvalue weighted by atomic mass is 9.82. The molecule has 0 aliphatic carbocycles. The molecule has 0 aromatic carbocycles. The van der Waals surface area contributed by atoms with E-state index in [1.54, 1.807) is 0 Å². The maximum Gasteiger partial charge on any atom is 0.103 e. The Hall–Kier alpha value is -0.200. The first-order chi connectivity index (χ1) is 7.37. The van der Waals surface area contributed by atoms with Gasteiger partial charge in [0.25, 0.3) is 0 Å². The SMILES string of the molecule is CC(C)(C)C(CO)CO.COC(CO)CO. The van der Waals surface area contributed by atoms with Gasteiger partial charge in [-0.25, -0.2) is 0 Å². The summed E-state index contributed by atoms with van der Waals surface area (Å²) in [5.41, 5.74) is 0.0174. The largest absolute Gasteiger partial charge is 0.396 e. The highest BCUT2D eigenvalue weighted by atomic mass is 16.5. The van der Waals surface area contributed by atoms with Gasteiger partial charge in [-0.15, -0.1) is 0 Å². The predicted octanol–water partition coefficient (Wildman–Crippen LogP) is -0.381. The fraction of sp³-hybridized carbons (Fsp3) is 1.00. The molecule has 16 heavy (non-hydrogen) atoms. The zero-order valence-electron chi connectivity index (χ0n) is 10.7. The number of aliphatic hydroxyl groups excluding tert-OH is 4. The average Bonchev–Trinajstić information content (AvgIpc) is 2.21. The molecule has 0 saturated carbocycles. The van der Waals surface area contributed by atoms with Crippen LogP contribution >= 0.6 is 0 Å². The van der Waals surface area contributed by atoms with Crippen LogP contribution in [0.5, 0.6) is 0 Å². The summed E-state index contributed by atoms with van der Waals surface area (Å²) < 4.78 is 4.55. The van der Waals surface area contributed by atoms with Gasteiger partial charge in [-0.3, -0.25) is 0 Å². The van der Waals surface area contributed by atoms with Crippen molar-refractivity contribution in [2.24, 2.45) is 11.3 Å². The highest BCUT2D eigenvalue weighted by Gasteiger charge is 2.22. The summed E-state index contributed by atoms with van der Waals surface area (Å²) in [6.45, 7) is 5.92. The van der Waals surface area contributed by atoms with Crippen LogP contribution in [0.1, 0.15) is 20.8 Å². The van der Waals surface area contributed by atoms with Crippen LogP contribution in [-0.4, -0.2) is 60.1 Å². The van der Waals surface area contributed by atoms with Gasteiger partial charge in [-0.2, -0.15) is 0 Å². The molecule has 4 N–H and O–H groups in total. The molecule has 0 radical (unpaired) electrons. The van der Waals surface area contributed by atoms with E-state index in [0.717, 1.165) is 0 Å². The van der Waals surface area contributed by atoms with Gasteiger partial charge < -0.3 is 25.2 Å². The summed E-state index contributed by atoms with van der Waals surface area (Å²) in [4.78, 5) is 0. The molecule has 100 valence electrons. The minimum Gasteiger partial charge on any atom is -0.396 e. The Morgan fingerprint density at radius 2 is 1.25 bits per heavy atom. The number of rotatable bonds is 5. The van der Waals surface area contributed by atoms with Crippen molar-refractivity contribution in [2.75, 3.05) is 33.5 Å². The second-order valence-electron chi connectivity index (χ2n) is 4.65. The molecule has 0 atom stereocenters. The van der Waals surface area contributed by atoms with Crippen molar-refractivity contribution in [2.45, 2.75) is 26.9 Å². The number of methoxy groups -OCH3 is 1. The Labute approximate surface area is 97.7 Å². The quantitative estimate of drug-likeness (QED) is 0.524. The van der Waals surface area contributed by atoms with Crippen LogP contribution in [0.4, 0.5) is 0 Å². The predicted molar refractivity (Wildman–Crippen MR) is 62.1 cm³/mol. The first-order valence-electron chi connectivity index (χ1n) is 5.33. The van der Waals surface area contributed by atoms with Crippen LogP contribution in [0, 0.1) is 11.3 Å². The molecule has 5 nitrogen and oxygen atoms in total. The normalized spacial score (nSPS) is 11.6. The number of aliphatic hydroxyl groups is 4. The summed E-state index contributed by atoms with van der Waals surface area (Å²) in [7, 11) is 1.44. The van der Waals surface area contributed by atoms with Gasteiger partial charge >= 0.3 is 0 Å². The van der Waals surface area contributed by atoms with Crippen molar-refractivity contribution in [1.29, 1.82) is 0 Å². The third-order valence-electron chi connectivity index (χ3n) is 2.41. The van der Waals surface area contributed by atoms with Crippen molar-refractivity contribution in [3.63, 3.8) is 0 Å². The first-order valence-corrected chi connectivity index (χ1v) is 5.33. The molecule has 0 aromatic rings. The van der Waals surface area contributed by atoms with E-state index in [9.17, 15) is 0 Å². The first kappa shape index (κ1) is 18.2. The van der Waals surface area contributed by atoms with Gasteiger partial charge in [0.15, 0.2) is 0 Å². The lowest BCUT2D eigenvalue weighted by Gasteiger charge is -2.26. The van der Waals surface area contributed by atoms with Gasteiger partial charge in [0.1, 0.15) is 6.10 Å². The van der Waals surface area contributed by atoms with Gasteiger partial charge in [0.2, 0.25) is 0 Å². The fourth-order valence-electron chi connectivity index (χ4n) is 0.812. The number of hydrogen-bond donors (Lipinski definition) is 4. The van der Waals surface area contributed by atoms with E-state index in [1.807, 2.05) is 20.8 Å². The Morgan fingerprint density at radius 1 is 0.875 bits per heavy atom. The topological polar surface area (TPSA) is 90.2 Å². The molecule has 0 spiro atoms. The summed E-state index contributed by atoms with van der Waals surface area (Å²) in [6.07, 6.45) is -0.403. The van der Waals surface area contributed by atoms with E-state index in [0.29, 0.717) is 0 Å². The molecule has 0 unspecified atom stereocenters. The van der Waals surface area contributed by atoms with Crippen LogP contribution in [0.2, 0.25) is 0 Å². The molecule has 0 bridgehead atoms. The summed E-state index contributed by atoms with van der Waals surface area (Å²) in [6, 6.07) is 0. The van der Waals surface area contributed by atoms with E-state index in [4.69, 9.17) is 20.4 Å². The van der Waals surface area contributed by atoms with Crippen molar-refractivity contribution in [1.82, 2.24) is 0 Å². The van der Waals surface area contributed by atoms with E-state index in [1.165, 1.54) is 7.11 Å². The minimum absolute atomic E-state index is 0.0116. The van der Waals surface area contributed by atoms with E-state index < -0.39 is 6.10 Å². The van der Waals surface area contributed by atoms with Crippen LogP contribution in [0.3, 0.4) is 0 Å². The van der Waals surface area contributed by atoms with Gasteiger partial charge in [0.05, 0.1) is 13.2 Å². The van der Waals surface area contributed by atoms with Crippen LogP contribution in [0.15, 0.2) is 0 Å². The zero-order chi connectivity index (χ0) is 13.2. The molecule has 0 saturated heterocycles. The summed E-state index contributed by atoms with van der Waals surface area (Å²) in [5.74, 6) is 0.0116. The van der Waals surface area contributed by atoms with Crippen molar-refractivity contribution < 1.29 is 25.2 Å². The second kappa shape index (κ2) is 9.99. The maximum absolute atomic E-state index is 8.70. The number of ether oxygens (including phenoxy) is 1. The molecule has 0 aliphatic rings. The lowest BCUT2D eigenvalue weighted by molar-refractivity contribution is 0.00933. The third-order valence-corrected chi connectivity index (χ3v) is 2.41. The molecular formula is C11H26O5. The standard InChI is InChI=1S/C7H16O2.C4H10O3/c1-7(2,3)6(4-8)5-9;1-7-4(2-5)3-6/h6,8-9H,4-5H2,1-3H3;4-6H,2-3H2,1H3. The zero-order valence-corrected chi connectivity index (χ0v) is 10.7. The van der Waals surface area contributed by atoms with E-state index >= 15 is 0 Å². The van der Waals surface area contributed by atoms with Crippen LogP contribution < -0.4 is 0 Å². The Kier molecular flexibility index (Phi) is 11.3. The Morgan fingerprint density at radius 3 is 1.25 bits per heavy atom. The Bertz CT molecular complexity index is 130. The van der Waals surface area contributed by atoms with Gasteiger partial charge in [-0.1, -0.05) is 20.8 Å². The maximum atomic E-state index is 8.70. The fourth-order valence-corrected chi connectivity index (χ4v) is 0.812. The molecule has 5 heteroatoms. The average molecular weight is 238 g/mol. The smallest absolute Gasteiger partial charge is 0.103 e. The minimum atomic E-state index is -0.403. The molecule has 0 fully saturated rings. The van der Waals surface area contributed by atoms with Crippen LogP contribution in [0.25, 0.3) is 0 Å². The Balaban J connectivity index is 0. The van der Waals surface area contributed by atoms with Crippen LogP contribution in [-0.2, 0) is 4.74 Å². The molecule has 0 amide bonds. The second-order valence-corrected chi connectivity index (χ2v) is 4.65. The highest BCUT2D eigenvalue weighted by molar-refractivity contribution is 4.71. The van der Waals surface area contributed by atoms with E-state index in [2.05, 4.69) is 4.74 Å². The van der Waals surface area contributed by atoms with Crippen molar-refractivity contribution in [3.05, 3.63) is 0 Å². The van der Waals surface area contributed by atoms with Crippen molar-refractivity contribution >= 4 is 0 Å². The third kappa shape index (κ3) is 9.06. The molecule has 0 heterocycles. The monoisotopic (exact) mass is 238 g/mol. The highest BCUT2D eigenvalue weighted by Crippen LogP contribution is 2.24.